The van der Waals surface area contributed by atoms with Crippen LogP contribution in [0.2, 0.25) is 0 Å². The van der Waals surface area contributed by atoms with Crippen LogP contribution in [-0.2, 0) is 9.59 Å². The van der Waals surface area contributed by atoms with E-state index in [0.717, 1.165) is 25.1 Å². The number of amides is 2. The summed E-state index contributed by atoms with van der Waals surface area (Å²) in [7, 11) is 0. The van der Waals surface area contributed by atoms with Gasteiger partial charge in [-0.3, -0.25) is 9.59 Å². The van der Waals surface area contributed by atoms with Gasteiger partial charge in [-0.05, 0) is 42.9 Å². The molecule has 2 atom stereocenters. The first-order chi connectivity index (χ1) is 14.5. The molecule has 5 nitrogen and oxygen atoms in total. The molecule has 2 unspecified atom stereocenters. The third-order valence-electron chi connectivity index (χ3n) is 5.69. The summed E-state index contributed by atoms with van der Waals surface area (Å²) in [5.41, 5.74) is 2.33. The Labute approximate surface area is 177 Å². The number of carbonyl (C=O) groups excluding carboxylic acids is 2. The lowest BCUT2D eigenvalue weighted by Crippen LogP contribution is -2.42. The van der Waals surface area contributed by atoms with Gasteiger partial charge < -0.3 is 9.64 Å². The number of rotatable bonds is 5. The first-order valence-electron chi connectivity index (χ1n) is 10.7. The maximum Gasteiger partial charge on any atom is 0.282 e. The predicted molar refractivity (Wildman–Crippen MR) is 118 cm³/mol. The lowest BCUT2D eigenvalue weighted by atomic mass is 9.91. The molecule has 5 heteroatoms. The van der Waals surface area contributed by atoms with Gasteiger partial charge >= 0.3 is 0 Å². The molecule has 1 fully saturated rings. The summed E-state index contributed by atoms with van der Waals surface area (Å²) >= 11 is 0. The second-order valence-electron chi connectivity index (χ2n) is 8.32. The Balaban J connectivity index is 1.79. The van der Waals surface area contributed by atoms with Gasteiger partial charge in [-0.25, -0.2) is 4.90 Å². The van der Waals surface area contributed by atoms with Crippen molar-refractivity contribution in [3.63, 3.8) is 0 Å². The topological polar surface area (TPSA) is 49.9 Å². The van der Waals surface area contributed by atoms with Crippen LogP contribution in [-0.4, -0.2) is 36.4 Å². The predicted octanol–water partition coefficient (Wildman–Crippen LogP) is 4.35. The maximum atomic E-state index is 13.6. The Morgan fingerprint density at radius 1 is 0.933 bits per heavy atom. The van der Waals surface area contributed by atoms with Gasteiger partial charge in [0.05, 0.1) is 17.9 Å². The number of anilines is 1. The molecule has 0 saturated carbocycles. The van der Waals surface area contributed by atoms with Gasteiger partial charge in [0.15, 0.2) is 0 Å². The highest BCUT2D eigenvalue weighted by Gasteiger charge is 2.43. The van der Waals surface area contributed by atoms with Crippen molar-refractivity contribution in [1.82, 2.24) is 4.90 Å². The molecular formula is C25H28N2O3. The number of carbonyl (C=O) groups is 2. The largest absolute Gasteiger partial charge is 0.494 e. The zero-order chi connectivity index (χ0) is 21.3. The van der Waals surface area contributed by atoms with Crippen LogP contribution in [0.5, 0.6) is 5.75 Å². The summed E-state index contributed by atoms with van der Waals surface area (Å²) < 4.78 is 5.59. The Morgan fingerprint density at radius 3 is 2.30 bits per heavy atom. The van der Waals surface area contributed by atoms with Gasteiger partial charge in [0.25, 0.3) is 11.8 Å². The normalized spacial score (nSPS) is 22.1. The number of likely N-dealkylation sites (tertiary alicyclic amines) is 1. The molecule has 2 aromatic carbocycles. The molecule has 2 aliphatic heterocycles. The van der Waals surface area contributed by atoms with E-state index in [9.17, 15) is 9.59 Å². The fraction of sp³-hybridized carbons (Fsp3) is 0.360. The summed E-state index contributed by atoms with van der Waals surface area (Å²) in [5.74, 6) is 1.05. The molecule has 0 radical (unpaired) electrons. The van der Waals surface area contributed by atoms with E-state index < -0.39 is 0 Å². The van der Waals surface area contributed by atoms with Crippen molar-refractivity contribution < 1.29 is 14.3 Å². The van der Waals surface area contributed by atoms with Crippen LogP contribution < -0.4 is 9.64 Å². The van der Waals surface area contributed by atoms with Crippen LogP contribution in [0.3, 0.4) is 0 Å². The molecule has 2 amide bonds. The summed E-state index contributed by atoms with van der Waals surface area (Å²) in [6.07, 6.45) is 1.13. The summed E-state index contributed by atoms with van der Waals surface area (Å²) in [6.45, 7) is 8.40. The third kappa shape index (κ3) is 3.72. The molecule has 156 valence electrons. The molecule has 30 heavy (non-hydrogen) atoms. The van der Waals surface area contributed by atoms with Gasteiger partial charge in [-0.1, -0.05) is 50.2 Å². The van der Waals surface area contributed by atoms with E-state index in [2.05, 4.69) is 18.7 Å². The smallest absolute Gasteiger partial charge is 0.282 e. The van der Waals surface area contributed by atoms with Crippen molar-refractivity contribution in [2.24, 2.45) is 11.8 Å². The standard InChI is InChI=1S/C25H28N2O3/c1-4-30-21-12-8-11-20(14-21)27-24(28)22(19-9-6-5-7-10-19)23(25(27)29)26-15-17(2)13-18(3)16-26/h5-12,14,17-18H,4,13,15-16H2,1-3H3. The minimum Gasteiger partial charge on any atom is -0.494 e. The minimum atomic E-state index is -0.277. The molecule has 0 N–H and O–H groups in total. The molecular weight excluding hydrogens is 376 g/mol. The van der Waals surface area contributed by atoms with Crippen molar-refractivity contribution in [2.45, 2.75) is 27.2 Å². The fourth-order valence-corrected chi connectivity index (χ4v) is 4.64. The maximum absolute atomic E-state index is 13.6. The van der Waals surface area contributed by atoms with Gasteiger partial charge in [0.1, 0.15) is 11.4 Å². The number of hydrogen-bond acceptors (Lipinski definition) is 4. The molecule has 0 spiro atoms. The van der Waals surface area contributed by atoms with Crippen molar-refractivity contribution in [3.8, 4) is 5.75 Å². The second-order valence-corrected chi connectivity index (χ2v) is 8.32. The first-order valence-corrected chi connectivity index (χ1v) is 10.7. The van der Waals surface area contributed by atoms with E-state index in [1.54, 1.807) is 12.1 Å². The number of benzene rings is 2. The van der Waals surface area contributed by atoms with E-state index in [1.165, 1.54) is 4.90 Å². The van der Waals surface area contributed by atoms with E-state index in [4.69, 9.17) is 4.74 Å². The average molecular weight is 405 g/mol. The van der Waals surface area contributed by atoms with E-state index in [0.29, 0.717) is 41.1 Å². The Hall–Kier alpha value is -3.08. The van der Waals surface area contributed by atoms with Gasteiger partial charge in [0.2, 0.25) is 0 Å². The van der Waals surface area contributed by atoms with Crippen LogP contribution in [0.1, 0.15) is 32.8 Å². The number of piperidine rings is 1. The van der Waals surface area contributed by atoms with Crippen LogP contribution >= 0.6 is 0 Å². The second kappa shape index (κ2) is 8.34. The zero-order valence-corrected chi connectivity index (χ0v) is 17.8. The molecule has 2 aliphatic rings. The fourth-order valence-electron chi connectivity index (χ4n) is 4.64. The van der Waals surface area contributed by atoms with Gasteiger partial charge in [0, 0.05) is 19.2 Å². The van der Waals surface area contributed by atoms with Crippen LogP contribution in [0.15, 0.2) is 60.3 Å². The van der Waals surface area contributed by atoms with Crippen molar-refractivity contribution in [3.05, 3.63) is 65.9 Å². The van der Waals surface area contributed by atoms with Crippen molar-refractivity contribution in [1.29, 1.82) is 0 Å². The number of nitrogens with zero attached hydrogens (tertiary/aromatic N) is 2. The Morgan fingerprint density at radius 2 is 1.63 bits per heavy atom. The zero-order valence-electron chi connectivity index (χ0n) is 17.8. The molecule has 1 saturated heterocycles. The molecule has 0 aromatic heterocycles. The van der Waals surface area contributed by atoms with Gasteiger partial charge in [-0.15, -0.1) is 0 Å². The SMILES string of the molecule is CCOc1cccc(N2C(=O)C(c3ccccc3)=C(N3CC(C)CC(C)C3)C2=O)c1. The van der Waals surface area contributed by atoms with E-state index in [1.807, 2.05) is 49.4 Å². The molecule has 2 heterocycles. The monoisotopic (exact) mass is 404 g/mol. The lowest BCUT2D eigenvalue weighted by molar-refractivity contribution is -0.120. The van der Waals surface area contributed by atoms with E-state index >= 15 is 0 Å². The molecule has 4 rings (SSSR count). The van der Waals surface area contributed by atoms with Crippen LogP contribution in [0.4, 0.5) is 5.69 Å². The third-order valence-corrected chi connectivity index (χ3v) is 5.69. The molecule has 0 bridgehead atoms. The van der Waals surface area contributed by atoms with Crippen molar-refractivity contribution in [2.75, 3.05) is 24.6 Å². The van der Waals surface area contributed by atoms with Crippen molar-refractivity contribution >= 4 is 23.1 Å². The highest BCUT2D eigenvalue weighted by molar-refractivity contribution is 6.45. The summed E-state index contributed by atoms with van der Waals surface area (Å²) in [4.78, 5) is 30.6. The van der Waals surface area contributed by atoms with Crippen LogP contribution in [0, 0.1) is 11.8 Å². The minimum absolute atomic E-state index is 0.256. The average Bonchev–Trinajstić information content (AvgIpc) is 2.98. The first kappa shape index (κ1) is 20.2. The lowest BCUT2D eigenvalue weighted by Gasteiger charge is -2.37. The quantitative estimate of drug-likeness (QED) is 0.696. The molecule has 0 aliphatic carbocycles. The highest BCUT2D eigenvalue weighted by Crippen LogP contribution is 2.37. The highest BCUT2D eigenvalue weighted by atomic mass is 16.5. The number of imide groups is 1. The summed E-state index contributed by atoms with van der Waals surface area (Å²) in [5, 5.41) is 0. The van der Waals surface area contributed by atoms with Gasteiger partial charge in [-0.2, -0.15) is 0 Å². The number of hydrogen-bond donors (Lipinski definition) is 0. The molecule has 2 aromatic rings. The Bertz CT molecular complexity index is 973. The number of ether oxygens (including phenoxy) is 1. The van der Waals surface area contributed by atoms with E-state index in [-0.39, 0.29) is 11.8 Å². The van der Waals surface area contributed by atoms with Crippen LogP contribution in [0.25, 0.3) is 5.57 Å². The summed E-state index contributed by atoms with van der Waals surface area (Å²) in [6, 6.07) is 16.7. The Kier molecular flexibility index (Phi) is 5.62.